The number of halogens is 2. The lowest BCUT2D eigenvalue weighted by Gasteiger charge is -2.27. The molecule has 0 saturated heterocycles. The van der Waals surface area contributed by atoms with Crippen molar-refractivity contribution >= 4 is 24.0 Å². The fourth-order valence-electron chi connectivity index (χ4n) is 3.64. The number of hydrogen-bond donors (Lipinski definition) is 0. The SMILES string of the molecule is CCCn1nc(C)c(-c2cncn2CC(c2ccccc2Cl)N(C)C)c1C.Cl. The molecule has 0 spiro atoms. The van der Waals surface area contributed by atoms with Crippen molar-refractivity contribution in [2.45, 2.75) is 46.3 Å². The molecule has 0 fully saturated rings. The summed E-state index contributed by atoms with van der Waals surface area (Å²) < 4.78 is 4.31. The van der Waals surface area contributed by atoms with Gasteiger partial charge in [-0.1, -0.05) is 36.7 Å². The molecule has 0 amide bonds. The van der Waals surface area contributed by atoms with E-state index >= 15 is 0 Å². The molecule has 0 aliphatic carbocycles. The largest absolute Gasteiger partial charge is 0.329 e. The first-order chi connectivity index (χ1) is 12.9. The highest BCUT2D eigenvalue weighted by Gasteiger charge is 2.21. The molecule has 0 N–H and O–H groups in total. The molecule has 0 radical (unpaired) electrons. The Labute approximate surface area is 178 Å². The van der Waals surface area contributed by atoms with Gasteiger partial charge in [-0.2, -0.15) is 5.10 Å². The Morgan fingerprint density at radius 3 is 2.54 bits per heavy atom. The fourth-order valence-corrected chi connectivity index (χ4v) is 3.90. The molecule has 1 atom stereocenters. The van der Waals surface area contributed by atoms with Gasteiger partial charge >= 0.3 is 0 Å². The lowest BCUT2D eigenvalue weighted by atomic mass is 10.0. The predicted molar refractivity (Wildman–Crippen MR) is 118 cm³/mol. The zero-order chi connectivity index (χ0) is 19.6. The summed E-state index contributed by atoms with van der Waals surface area (Å²) in [6.45, 7) is 8.08. The van der Waals surface area contributed by atoms with Crippen LogP contribution < -0.4 is 0 Å². The molecular formula is C21H29Cl2N5. The van der Waals surface area contributed by atoms with Crippen molar-refractivity contribution in [1.29, 1.82) is 0 Å². The lowest BCUT2D eigenvalue weighted by Crippen LogP contribution is -2.25. The lowest BCUT2D eigenvalue weighted by molar-refractivity contribution is 0.269. The Morgan fingerprint density at radius 2 is 1.89 bits per heavy atom. The van der Waals surface area contributed by atoms with Crippen molar-refractivity contribution in [3.63, 3.8) is 0 Å². The third-order valence-corrected chi connectivity index (χ3v) is 5.39. The third-order valence-electron chi connectivity index (χ3n) is 5.04. The summed E-state index contributed by atoms with van der Waals surface area (Å²) in [5.74, 6) is 0. The van der Waals surface area contributed by atoms with Gasteiger partial charge in [0.25, 0.3) is 0 Å². The molecule has 1 aromatic carbocycles. The molecule has 7 heteroatoms. The minimum atomic E-state index is 0. The van der Waals surface area contributed by atoms with E-state index in [2.05, 4.69) is 60.1 Å². The van der Waals surface area contributed by atoms with Gasteiger partial charge in [-0.3, -0.25) is 4.68 Å². The Kier molecular flexibility index (Phi) is 7.70. The molecule has 2 aromatic heterocycles. The number of nitrogens with zero attached hydrogens (tertiary/aromatic N) is 5. The number of rotatable bonds is 7. The van der Waals surface area contributed by atoms with Gasteiger partial charge in [0.1, 0.15) is 0 Å². The van der Waals surface area contributed by atoms with Gasteiger partial charge in [-0.25, -0.2) is 4.98 Å². The summed E-state index contributed by atoms with van der Waals surface area (Å²) >= 11 is 6.48. The summed E-state index contributed by atoms with van der Waals surface area (Å²) in [7, 11) is 4.17. The Balaban J connectivity index is 0.00000280. The normalized spacial score (nSPS) is 12.2. The molecule has 0 aliphatic heterocycles. The van der Waals surface area contributed by atoms with Crippen molar-refractivity contribution in [2.75, 3.05) is 14.1 Å². The van der Waals surface area contributed by atoms with E-state index in [1.165, 1.54) is 11.3 Å². The van der Waals surface area contributed by atoms with E-state index < -0.39 is 0 Å². The topological polar surface area (TPSA) is 38.9 Å². The smallest absolute Gasteiger partial charge is 0.0951 e. The first-order valence-electron chi connectivity index (χ1n) is 9.39. The standard InChI is InChI=1S/C21H28ClN5.ClH/c1-6-11-27-16(3)21(15(2)24-27)19-12-23-14-26(19)13-20(25(4)5)17-9-7-8-10-18(17)22;/h7-10,12,14,20H,6,11,13H2,1-5H3;1H. The third kappa shape index (κ3) is 4.43. The van der Waals surface area contributed by atoms with Crippen LogP contribution in [0, 0.1) is 13.8 Å². The number of aromatic nitrogens is 4. The van der Waals surface area contributed by atoms with Crippen LogP contribution in [0.2, 0.25) is 5.02 Å². The second-order valence-corrected chi connectivity index (χ2v) is 7.61. The molecule has 5 nitrogen and oxygen atoms in total. The first-order valence-corrected chi connectivity index (χ1v) is 9.77. The molecule has 2 heterocycles. The van der Waals surface area contributed by atoms with Gasteiger partial charge in [0.15, 0.2) is 0 Å². The van der Waals surface area contributed by atoms with Gasteiger partial charge in [0.2, 0.25) is 0 Å². The summed E-state index contributed by atoms with van der Waals surface area (Å²) in [5.41, 5.74) is 5.64. The van der Waals surface area contributed by atoms with Crippen LogP contribution in [0.25, 0.3) is 11.3 Å². The van der Waals surface area contributed by atoms with E-state index in [9.17, 15) is 0 Å². The van der Waals surface area contributed by atoms with Crippen LogP contribution in [0.4, 0.5) is 0 Å². The molecule has 28 heavy (non-hydrogen) atoms. The molecule has 1 unspecified atom stereocenters. The van der Waals surface area contributed by atoms with E-state index in [4.69, 9.17) is 16.7 Å². The minimum Gasteiger partial charge on any atom is -0.329 e. The number of benzene rings is 1. The van der Waals surface area contributed by atoms with E-state index in [0.29, 0.717) is 0 Å². The Morgan fingerprint density at radius 1 is 1.18 bits per heavy atom. The molecular weight excluding hydrogens is 393 g/mol. The van der Waals surface area contributed by atoms with Gasteiger partial charge in [0, 0.05) is 29.4 Å². The van der Waals surface area contributed by atoms with Crippen molar-refractivity contribution in [1.82, 2.24) is 24.2 Å². The van der Waals surface area contributed by atoms with E-state index in [-0.39, 0.29) is 18.4 Å². The van der Waals surface area contributed by atoms with Gasteiger partial charge in [-0.05, 0) is 46.0 Å². The molecule has 3 rings (SSSR count). The predicted octanol–water partition coefficient (Wildman–Crippen LogP) is 5.15. The van der Waals surface area contributed by atoms with Crippen molar-refractivity contribution in [3.8, 4) is 11.3 Å². The minimum absolute atomic E-state index is 0. The van der Waals surface area contributed by atoms with Crippen LogP contribution in [0.5, 0.6) is 0 Å². The van der Waals surface area contributed by atoms with Crippen molar-refractivity contribution < 1.29 is 0 Å². The van der Waals surface area contributed by atoms with E-state index in [0.717, 1.165) is 41.5 Å². The van der Waals surface area contributed by atoms with Crippen molar-refractivity contribution in [2.24, 2.45) is 0 Å². The average molecular weight is 422 g/mol. The van der Waals surface area contributed by atoms with Crippen LogP contribution in [0.1, 0.15) is 36.3 Å². The molecule has 3 aromatic rings. The molecule has 0 aliphatic rings. The number of aryl methyl sites for hydroxylation is 2. The highest BCUT2D eigenvalue weighted by Crippen LogP contribution is 2.31. The Hall–Kier alpha value is -1.82. The second kappa shape index (κ2) is 9.59. The van der Waals surface area contributed by atoms with Crippen LogP contribution in [0.15, 0.2) is 36.8 Å². The zero-order valence-electron chi connectivity index (χ0n) is 17.2. The number of imidazole rings is 1. The summed E-state index contributed by atoms with van der Waals surface area (Å²) in [6.07, 6.45) is 4.90. The van der Waals surface area contributed by atoms with E-state index in [1.807, 2.05) is 30.7 Å². The maximum Gasteiger partial charge on any atom is 0.0951 e. The maximum absolute atomic E-state index is 6.48. The van der Waals surface area contributed by atoms with Gasteiger partial charge in [-0.15, -0.1) is 12.4 Å². The molecule has 152 valence electrons. The summed E-state index contributed by atoms with van der Waals surface area (Å²) in [4.78, 5) is 6.64. The molecule has 0 saturated carbocycles. The second-order valence-electron chi connectivity index (χ2n) is 7.20. The maximum atomic E-state index is 6.48. The average Bonchev–Trinajstić information content (AvgIpc) is 3.18. The summed E-state index contributed by atoms with van der Waals surface area (Å²) in [5, 5.41) is 5.52. The van der Waals surface area contributed by atoms with E-state index in [1.54, 1.807) is 0 Å². The van der Waals surface area contributed by atoms with Gasteiger partial charge < -0.3 is 9.47 Å². The summed E-state index contributed by atoms with van der Waals surface area (Å²) in [6, 6.07) is 8.20. The highest BCUT2D eigenvalue weighted by atomic mass is 35.5. The fraction of sp³-hybridized carbons (Fsp3) is 0.429. The highest BCUT2D eigenvalue weighted by molar-refractivity contribution is 6.31. The number of likely N-dealkylation sites (N-methyl/N-ethyl adjacent to an activating group) is 1. The Bertz CT molecular complexity index is 913. The first kappa shape index (κ1) is 22.5. The van der Waals surface area contributed by atoms with Crippen LogP contribution >= 0.6 is 24.0 Å². The quantitative estimate of drug-likeness (QED) is 0.529. The van der Waals surface area contributed by atoms with Crippen LogP contribution in [-0.4, -0.2) is 38.3 Å². The molecule has 0 bridgehead atoms. The van der Waals surface area contributed by atoms with Crippen LogP contribution in [-0.2, 0) is 13.1 Å². The van der Waals surface area contributed by atoms with Crippen molar-refractivity contribution in [3.05, 3.63) is 58.8 Å². The van der Waals surface area contributed by atoms with Crippen LogP contribution in [0.3, 0.4) is 0 Å². The van der Waals surface area contributed by atoms with Gasteiger partial charge in [0.05, 0.1) is 30.0 Å². The monoisotopic (exact) mass is 421 g/mol. The number of hydrogen-bond acceptors (Lipinski definition) is 3. The zero-order valence-corrected chi connectivity index (χ0v) is 18.8.